The molecular formula is C14H18N4O2. The molecule has 1 amide bonds. The average molecular weight is 274 g/mol. The van der Waals surface area contributed by atoms with Crippen molar-refractivity contribution in [2.45, 2.75) is 32.9 Å². The fourth-order valence-electron chi connectivity index (χ4n) is 1.79. The van der Waals surface area contributed by atoms with Gasteiger partial charge in [0.2, 0.25) is 5.91 Å². The van der Waals surface area contributed by atoms with Crippen LogP contribution in [0.5, 0.6) is 0 Å². The number of hydrogen-bond donors (Lipinski definition) is 2. The molecule has 1 heterocycles. The van der Waals surface area contributed by atoms with Crippen LogP contribution in [-0.4, -0.2) is 26.0 Å². The van der Waals surface area contributed by atoms with Gasteiger partial charge in [0.05, 0.1) is 12.8 Å². The van der Waals surface area contributed by atoms with Crippen LogP contribution in [0.15, 0.2) is 30.5 Å². The van der Waals surface area contributed by atoms with Gasteiger partial charge in [0.1, 0.15) is 12.2 Å². The Hall–Kier alpha value is -2.21. The van der Waals surface area contributed by atoms with E-state index in [1.807, 2.05) is 24.3 Å². The normalized spacial score (nSPS) is 10.8. The van der Waals surface area contributed by atoms with Crippen molar-refractivity contribution in [2.75, 3.05) is 5.32 Å². The van der Waals surface area contributed by atoms with Gasteiger partial charge in [-0.1, -0.05) is 31.2 Å². The van der Waals surface area contributed by atoms with Crippen molar-refractivity contribution >= 4 is 11.6 Å². The van der Waals surface area contributed by atoms with Crippen molar-refractivity contribution < 1.29 is 9.90 Å². The quantitative estimate of drug-likeness (QED) is 0.866. The second kappa shape index (κ2) is 6.29. The Bertz CT molecular complexity index is 575. The third-order valence-electron chi connectivity index (χ3n) is 2.91. The molecule has 0 radical (unpaired) electrons. The van der Waals surface area contributed by atoms with Crippen LogP contribution < -0.4 is 5.32 Å². The zero-order chi connectivity index (χ0) is 14.5. The maximum atomic E-state index is 11.8. The van der Waals surface area contributed by atoms with Gasteiger partial charge in [0.15, 0.2) is 0 Å². The van der Waals surface area contributed by atoms with Crippen molar-refractivity contribution in [3.8, 4) is 0 Å². The van der Waals surface area contributed by atoms with E-state index in [1.165, 1.54) is 10.2 Å². The van der Waals surface area contributed by atoms with Crippen molar-refractivity contribution in [2.24, 2.45) is 0 Å². The Kier molecular flexibility index (Phi) is 4.47. The molecular weight excluding hydrogens is 256 g/mol. The molecule has 0 fully saturated rings. The highest BCUT2D eigenvalue weighted by Crippen LogP contribution is 2.17. The molecule has 0 spiro atoms. The lowest BCUT2D eigenvalue weighted by molar-refractivity contribution is -0.116. The number of amides is 1. The summed E-state index contributed by atoms with van der Waals surface area (Å²) in [5.41, 5.74) is 2.42. The molecule has 0 bridgehead atoms. The van der Waals surface area contributed by atoms with E-state index in [9.17, 15) is 4.79 Å². The summed E-state index contributed by atoms with van der Waals surface area (Å²) in [6.07, 6.45) is 1.54. The molecule has 0 saturated heterocycles. The van der Waals surface area contributed by atoms with Crippen molar-refractivity contribution in [3.05, 3.63) is 41.7 Å². The Morgan fingerprint density at radius 2 is 2.05 bits per heavy atom. The van der Waals surface area contributed by atoms with E-state index in [-0.39, 0.29) is 19.1 Å². The van der Waals surface area contributed by atoms with Gasteiger partial charge in [-0.05, 0) is 23.6 Å². The first kappa shape index (κ1) is 14.2. The molecule has 106 valence electrons. The van der Waals surface area contributed by atoms with E-state index in [2.05, 4.69) is 29.5 Å². The van der Waals surface area contributed by atoms with Crippen molar-refractivity contribution in [3.63, 3.8) is 0 Å². The predicted octanol–water partition coefficient (Wildman–Crippen LogP) is 1.53. The van der Waals surface area contributed by atoms with E-state index in [4.69, 9.17) is 5.11 Å². The molecule has 2 N–H and O–H groups in total. The van der Waals surface area contributed by atoms with Gasteiger partial charge < -0.3 is 10.4 Å². The third kappa shape index (κ3) is 3.64. The zero-order valence-electron chi connectivity index (χ0n) is 11.6. The number of carbonyl (C=O) groups excluding carboxylic acids is 1. The number of aromatic nitrogens is 3. The fourth-order valence-corrected chi connectivity index (χ4v) is 1.79. The number of anilines is 1. The van der Waals surface area contributed by atoms with Crippen LogP contribution in [0, 0.1) is 0 Å². The molecule has 0 aliphatic heterocycles. The lowest BCUT2D eigenvalue weighted by Gasteiger charge is -2.08. The largest absolute Gasteiger partial charge is 0.390 e. The monoisotopic (exact) mass is 274 g/mol. The lowest BCUT2D eigenvalue weighted by Crippen LogP contribution is -2.19. The molecule has 20 heavy (non-hydrogen) atoms. The van der Waals surface area contributed by atoms with E-state index < -0.39 is 0 Å². The van der Waals surface area contributed by atoms with Crippen LogP contribution in [0.4, 0.5) is 5.69 Å². The molecule has 2 rings (SSSR count). The van der Waals surface area contributed by atoms with Gasteiger partial charge in [-0.3, -0.25) is 4.79 Å². The zero-order valence-corrected chi connectivity index (χ0v) is 11.6. The van der Waals surface area contributed by atoms with Gasteiger partial charge >= 0.3 is 0 Å². The summed E-state index contributed by atoms with van der Waals surface area (Å²) in [4.78, 5) is 11.8. The second-order valence-electron chi connectivity index (χ2n) is 4.89. The number of rotatable bonds is 5. The molecule has 1 aromatic heterocycles. The van der Waals surface area contributed by atoms with Crippen LogP contribution in [-0.2, 0) is 17.9 Å². The fraction of sp³-hybridized carbons (Fsp3) is 0.357. The van der Waals surface area contributed by atoms with Crippen LogP contribution in [0.25, 0.3) is 0 Å². The minimum atomic E-state index is -0.184. The smallest absolute Gasteiger partial charge is 0.246 e. The van der Waals surface area contributed by atoms with Crippen molar-refractivity contribution in [1.82, 2.24) is 15.0 Å². The topological polar surface area (TPSA) is 80.0 Å². The number of nitrogens with zero attached hydrogens (tertiary/aromatic N) is 3. The Balaban J connectivity index is 1.93. The minimum Gasteiger partial charge on any atom is -0.390 e. The van der Waals surface area contributed by atoms with E-state index in [0.717, 1.165) is 5.69 Å². The summed E-state index contributed by atoms with van der Waals surface area (Å²) in [6.45, 7) is 4.13. The highest BCUT2D eigenvalue weighted by atomic mass is 16.3. The van der Waals surface area contributed by atoms with Gasteiger partial charge in [0.25, 0.3) is 0 Å². The Morgan fingerprint density at radius 3 is 2.60 bits per heavy atom. The van der Waals surface area contributed by atoms with E-state index in [1.54, 1.807) is 6.20 Å². The highest BCUT2D eigenvalue weighted by Gasteiger charge is 2.06. The molecule has 6 nitrogen and oxygen atoms in total. The molecule has 1 aromatic carbocycles. The molecule has 0 aliphatic carbocycles. The van der Waals surface area contributed by atoms with Gasteiger partial charge in [-0.15, -0.1) is 5.10 Å². The van der Waals surface area contributed by atoms with Crippen LogP contribution in [0.1, 0.15) is 31.0 Å². The van der Waals surface area contributed by atoms with Gasteiger partial charge in [-0.2, -0.15) is 0 Å². The molecule has 0 atom stereocenters. The van der Waals surface area contributed by atoms with Gasteiger partial charge in [0, 0.05) is 5.69 Å². The molecule has 6 heteroatoms. The predicted molar refractivity (Wildman–Crippen MR) is 75.1 cm³/mol. The van der Waals surface area contributed by atoms with Crippen molar-refractivity contribution in [1.29, 1.82) is 0 Å². The van der Waals surface area contributed by atoms with Crippen LogP contribution in [0.3, 0.4) is 0 Å². The summed E-state index contributed by atoms with van der Waals surface area (Å²) in [5, 5.41) is 19.1. The molecule has 0 saturated carbocycles. The molecule has 2 aromatic rings. The molecule has 0 unspecified atom stereocenters. The molecule has 0 aliphatic rings. The number of benzene rings is 1. The lowest BCUT2D eigenvalue weighted by atomic mass is 10.0. The summed E-state index contributed by atoms with van der Waals surface area (Å²) in [7, 11) is 0. The summed E-state index contributed by atoms with van der Waals surface area (Å²) in [6, 6.07) is 7.76. The highest BCUT2D eigenvalue weighted by molar-refractivity contribution is 5.90. The Labute approximate surface area is 117 Å². The first-order chi connectivity index (χ1) is 9.58. The summed E-state index contributed by atoms with van der Waals surface area (Å²) >= 11 is 0. The average Bonchev–Trinajstić information content (AvgIpc) is 2.86. The summed E-state index contributed by atoms with van der Waals surface area (Å²) < 4.78 is 1.39. The number of hydrogen-bond acceptors (Lipinski definition) is 4. The third-order valence-corrected chi connectivity index (χ3v) is 2.91. The standard InChI is InChI=1S/C14H18N4O2/c1-10(2)11-3-5-12(6-4-11)15-14(20)8-18-7-13(9-19)16-17-18/h3-7,10,19H,8-9H2,1-2H3,(H,15,20). The minimum absolute atomic E-state index is 0.0684. The first-order valence-electron chi connectivity index (χ1n) is 6.48. The van der Waals surface area contributed by atoms with Crippen LogP contribution >= 0.6 is 0 Å². The SMILES string of the molecule is CC(C)c1ccc(NC(=O)Cn2cc(CO)nn2)cc1. The summed E-state index contributed by atoms with van der Waals surface area (Å²) in [5.74, 6) is 0.281. The number of nitrogens with one attached hydrogen (secondary N) is 1. The number of aliphatic hydroxyl groups excluding tert-OH is 1. The number of carbonyl (C=O) groups is 1. The van der Waals surface area contributed by atoms with Crippen LogP contribution in [0.2, 0.25) is 0 Å². The number of aliphatic hydroxyl groups is 1. The maximum Gasteiger partial charge on any atom is 0.246 e. The van der Waals surface area contributed by atoms with Gasteiger partial charge in [-0.25, -0.2) is 4.68 Å². The Morgan fingerprint density at radius 1 is 1.35 bits per heavy atom. The maximum absolute atomic E-state index is 11.8. The van der Waals surface area contributed by atoms with E-state index in [0.29, 0.717) is 11.6 Å². The van der Waals surface area contributed by atoms with E-state index >= 15 is 0 Å². The second-order valence-corrected chi connectivity index (χ2v) is 4.89. The first-order valence-corrected chi connectivity index (χ1v) is 6.48.